The summed E-state index contributed by atoms with van der Waals surface area (Å²) >= 11 is 0. The Kier molecular flexibility index (Phi) is 5.58. The summed E-state index contributed by atoms with van der Waals surface area (Å²) in [5.74, 6) is 3.25. The number of rotatable bonds is 6. The van der Waals surface area contributed by atoms with Gasteiger partial charge in [-0.3, -0.25) is 0 Å². The fraction of sp³-hybridized carbons (Fsp3) is 0.733. The summed E-state index contributed by atoms with van der Waals surface area (Å²) in [7, 11) is 1.92. The number of anilines is 2. The minimum Gasteiger partial charge on any atom is -0.373 e. The van der Waals surface area contributed by atoms with E-state index in [0.717, 1.165) is 36.0 Å². The van der Waals surface area contributed by atoms with E-state index in [0.29, 0.717) is 12.0 Å². The zero-order valence-corrected chi connectivity index (χ0v) is 13.4. The Bertz CT molecular complexity index is 415. The van der Waals surface area contributed by atoms with Gasteiger partial charge in [0, 0.05) is 31.1 Å². The van der Waals surface area contributed by atoms with Gasteiger partial charge in [0.05, 0.1) is 0 Å². The van der Waals surface area contributed by atoms with Gasteiger partial charge in [0.2, 0.25) is 0 Å². The third-order valence-electron chi connectivity index (χ3n) is 3.63. The van der Waals surface area contributed by atoms with Crippen LogP contribution in [-0.4, -0.2) is 29.6 Å². The Balaban J connectivity index is 3.34. The van der Waals surface area contributed by atoms with Crippen LogP contribution in [0.5, 0.6) is 0 Å². The second-order valence-electron chi connectivity index (χ2n) is 5.33. The molecule has 4 nitrogen and oxygen atoms in total. The Hall–Kier alpha value is -1.32. The highest BCUT2D eigenvalue weighted by Crippen LogP contribution is 2.27. The molecule has 1 N–H and O–H groups in total. The SMILES string of the molecule is CCC(C)N(CC)c1nc(C(C)C)nc(NC)c1C. The van der Waals surface area contributed by atoms with Gasteiger partial charge >= 0.3 is 0 Å². The van der Waals surface area contributed by atoms with Crippen molar-refractivity contribution in [3.63, 3.8) is 0 Å². The molecule has 108 valence electrons. The topological polar surface area (TPSA) is 41.1 Å². The summed E-state index contributed by atoms with van der Waals surface area (Å²) in [5, 5.41) is 3.19. The first-order chi connectivity index (χ1) is 8.96. The van der Waals surface area contributed by atoms with Crippen LogP contribution in [0.4, 0.5) is 11.6 Å². The maximum Gasteiger partial charge on any atom is 0.137 e. The number of hydrogen-bond acceptors (Lipinski definition) is 4. The van der Waals surface area contributed by atoms with Gasteiger partial charge < -0.3 is 10.2 Å². The fourth-order valence-electron chi connectivity index (χ4n) is 2.19. The highest BCUT2D eigenvalue weighted by Gasteiger charge is 2.19. The van der Waals surface area contributed by atoms with E-state index < -0.39 is 0 Å². The number of nitrogens with one attached hydrogen (secondary N) is 1. The zero-order chi connectivity index (χ0) is 14.6. The average Bonchev–Trinajstić information content (AvgIpc) is 2.40. The summed E-state index contributed by atoms with van der Waals surface area (Å²) in [6.45, 7) is 14.0. The Labute approximate surface area is 117 Å². The van der Waals surface area contributed by atoms with Crippen molar-refractivity contribution in [2.75, 3.05) is 23.8 Å². The van der Waals surface area contributed by atoms with Crippen molar-refractivity contribution >= 4 is 11.6 Å². The molecule has 1 atom stereocenters. The summed E-state index contributed by atoms with van der Waals surface area (Å²) in [5.41, 5.74) is 1.13. The normalized spacial score (nSPS) is 12.6. The van der Waals surface area contributed by atoms with E-state index in [1.54, 1.807) is 0 Å². The van der Waals surface area contributed by atoms with Gasteiger partial charge in [-0.15, -0.1) is 0 Å². The van der Waals surface area contributed by atoms with E-state index in [2.05, 4.69) is 56.7 Å². The lowest BCUT2D eigenvalue weighted by Gasteiger charge is -2.30. The minimum atomic E-state index is 0.335. The fourth-order valence-corrected chi connectivity index (χ4v) is 2.19. The van der Waals surface area contributed by atoms with Gasteiger partial charge in [-0.25, -0.2) is 9.97 Å². The summed E-state index contributed by atoms with van der Waals surface area (Å²) in [6.07, 6.45) is 1.11. The van der Waals surface area contributed by atoms with E-state index in [-0.39, 0.29) is 0 Å². The Morgan fingerprint density at radius 2 is 1.79 bits per heavy atom. The number of aromatic nitrogens is 2. The third kappa shape index (κ3) is 3.37. The van der Waals surface area contributed by atoms with E-state index in [1.807, 2.05) is 7.05 Å². The van der Waals surface area contributed by atoms with E-state index in [9.17, 15) is 0 Å². The second-order valence-corrected chi connectivity index (χ2v) is 5.33. The standard InChI is InChI=1S/C15H28N4/c1-8-11(5)19(9-2)15-12(6)14(16-7)17-13(18-15)10(3)4/h10-11H,8-9H2,1-7H3,(H,16,17,18). The smallest absolute Gasteiger partial charge is 0.137 e. The predicted molar refractivity (Wildman–Crippen MR) is 83.2 cm³/mol. The van der Waals surface area contributed by atoms with Crippen LogP contribution in [0.2, 0.25) is 0 Å². The van der Waals surface area contributed by atoms with Crippen molar-refractivity contribution in [2.24, 2.45) is 0 Å². The Morgan fingerprint density at radius 1 is 1.16 bits per heavy atom. The lowest BCUT2D eigenvalue weighted by atomic mass is 10.1. The lowest BCUT2D eigenvalue weighted by Crippen LogP contribution is -2.34. The van der Waals surface area contributed by atoms with Gasteiger partial charge in [0.15, 0.2) is 0 Å². The van der Waals surface area contributed by atoms with Crippen molar-refractivity contribution in [3.8, 4) is 0 Å². The zero-order valence-electron chi connectivity index (χ0n) is 13.4. The van der Waals surface area contributed by atoms with Gasteiger partial charge in [-0.2, -0.15) is 0 Å². The van der Waals surface area contributed by atoms with Crippen LogP contribution in [-0.2, 0) is 0 Å². The molecule has 19 heavy (non-hydrogen) atoms. The first-order valence-electron chi connectivity index (χ1n) is 7.29. The monoisotopic (exact) mass is 264 g/mol. The molecule has 0 aliphatic heterocycles. The van der Waals surface area contributed by atoms with Gasteiger partial charge in [-0.05, 0) is 27.2 Å². The molecule has 0 aromatic carbocycles. The third-order valence-corrected chi connectivity index (χ3v) is 3.63. The van der Waals surface area contributed by atoms with Crippen LogP contribution >= 0.6 is 0 Å². The summed E-state index contributed by atoms with van der Waals surface area (Å²) in [6, 6.07) is 0.489. The molecule has 0 aliphatic carbocycles. The molecule has 0 spiro atoms. The van der Waals surface area contributed by atoms with Gasteiger partial charge in [-0.1, -0.05) is 20.8 Å². The molecular weight excluding hydrogens is 236 g/mol. The Morgan fingerprint density at radius 3 is 2.21 bits per heavy atom. The highest BCUT2D eigenvalue weighted by molar-refractivity contribution is 5.59. The highest BCUT2D eigenvalue weighted by atomic mass is 15.2. The molecule has 0 fully saturated rings. The summed E-state index contributed by atoms with van der Waals surface area (Å²) < 4.78 is 0. The van der Waals surface area contributed by atoms with Crippen LogP contribution in [0.1, 0.15) is 58.3 Å². The van der Waals surface area contributed by atoms with Crippen molar-refractivity contribution in [3.05, 3.63) is 11.4 Å². The summed E-state index contributed by atoms with van der Waals surface area (Å²) in [4.78, 5) is 11.8. The molecule has 1 heterocycles. The molecule has 0 saturated heterocycles. The number of nitrogens with zero attached hydrogens (tertiary/aromatic N) is 3. The van der Waals surface area contributed by atoms with E-state index in [1.165, 1.54) is 0 Å². The maximum absolute atomic E-state index is 4.80. The van der Waals surface area contributed by atoms with Crippen LogP contribution in [0.15, 0.2) is 0 Å². The van der Waals surface area contributed by atoms with Crippen LogP contribution in [0.3, 0.4) is 0 Å². The van der Waals surface area contributed by atoms with Crippen molar-refractivity contribution < 1.29 is 0 Å². The number of hydrogen-bond donors (Lipinski definition) is 1. The van der Waals surface area contributed by atoms with Crippen LogP contribution in [0, 0.1) is 6.92 Å². The van der Waals surface area contributed by atoms with Crippen LogP contribution in [0.25, 0.3) is 0 Å². The molecular formula is C15H28N4. The second kappa shape index (κ2) is 6.73. The van der Waals surface area contributed by atoms with E-state index in [4.69, 9.17) is 4.98 Å². The maximum atomic E-state index is 4.80. The molecule has 0 aliphatic rings. The molecule has 0 amide bonds. The molecule has 1 rings (SSSR count). The van der Waals surface area contributed by atoms with Crippen LogP contribution < -0.4 is 10.2 Å². The first kappa shape index (κ1) is 15.7. The lowest BCUT2D eigenvalue weighted by molar-refractivity contribution is 0.616. The van der Waals surface area contributed by atoms with Gasteiger partial charge in [0.1, 0.15) is 17.5 Å². The minimum absolute atomic E-state index is 0.335. The molecule has 0 radical (unpaired) electrons. The molecule has 0 saturated carbocycles. The molecule has 1 aromatic rings. The van der Waals surface area contributed by atoms with E-state index >= 15 is 0 Å². The predicted octanol–water partition coefficient (Wildman–Crippen LogP) is 3.57. The molecule has 4 heteroatoms. The van der Waals surface area contributed by atoms with Crippen molar-refractivity contribution in [1.29, 1.82) is 0 Å². The average molecular weight is 264 g/mol. The molecule has 1 unspecified atom stereocenters. The van der Waals surface area contributed by atoms with Crippen molar-refractivity contribution in [1.82, 2.24) is 9.97 Å². The first-order valence-corrected chi connectivity index (χ1v) is 7.29. The van der Waals surface area contributed by atoms with Crippen molar-refractivity contribution in [2.45, 2.75) is 59.9 Å². The largest absolute Gasteiger partial charge is 0.373 e. The van der Waals surface area contributed by atoms with Gasteiger partial charge in [0.25, 0.3) is 0 Å². The quantitative estimate of drug-likeness (QED) is 0.852. The molecule has 0 bridgehead atoms. The molecule has 1 aromatic heterocycles.